The normalized spacial score (nSPS) is 20.4. The zero-order valence-electron chi connectivity index (χ0n) is 12.7. The molecule has 0 aliphatic carbocycles. The summed E-state index contributed by atoms with van der Waals surface area (Å²) in [5, 5.41) is 0.786. The fourth-order valence-electron chi connectivity index (χ4n) is 2.91. The molecule has 6 heteroatoms. The fraction of sp³-hybridized carbons (Fsp3) is 0.562. The Morgan fingerprint density at radius 1 is 0.955 bits per heavy atom. The van der Waals surface area contributed by atoms with Crippen LogP contribution in [0.15, 0.2) is 24.3 Å². The van der Waals surface area contributed by atoms with Gasteiger partial charge in [0.25, 0.3) is 0 Å². The average Bonchev–Trinajstić information content (AvgIpc) is 2.94. The van der Waals surface area contributed by atoms with Gasteiger partial charge in [0.2, 0.25) is 0 Å². The highest BCUT2D eigenvalue weighted by molar-refractivity contribution is 6.30. The Morgan fingerprint density at radius 2 is 1.64 bits per heavy atom. The first-order chi connectivity index (χ1) is 10.7. The Kier molecular flexibility index (Phi) is 5.18. The number of rotatable bonds is 5. The lowest BCUT2D eigenvalue weighted by Gasteiger charge is -2.35. The zero-order chi connectivity index (χ0) is 15.4. The minimum atomic E-state index is -0.165. The van der Waals surface area contributed by atoms with E-state index in [4.69, 9.17) is 16.3 Å². The largest absolute Gasteiger partial charge is 0.448 e. The summed E-state index contributed by atoms with van der Waals surface area (Å²) in [6, 6.07) is 8.08. The van der Waals surface area contributed by atoms with Crippen molar-refractivity contribution in [1.29, 1.82) is 0 Å². The summed E-state index contributed by atoms with van der Waals surface area (Å²) < 4.78 is 4.95. The van der Waals surface area contributed by atoms with Gasteiger partial charge in [-0.1, -0.05) is 23.7 Å². The highest BCUT2D eigenvalue weighted by Crippen LogP contribution is 2.13. The molecule has 120 valence electrons. The number of cyclic esters (lactones) is 1. The highest BCUT2D eigenvalue weighted by atomic mass is 35.5. The van der Waals surface area contributed by atoms with E-state index in [-0.39, 0.29) is 6.09 Å². The van der Waals surface area contributed by atoms with Gasteiger partial charge in [-0.3, -0.25) is 9.80 Å². The van der Waals surface area contributed by atoms with Crippen LogP contribution >= 0.6 is 11.6 Å². The number of amides is 1. The molecule has 2 aliphatic heterocycles. The number of carbonyl (C=O) groups is 1. The van der Waals surface area contributed by atoms with Gasteiger partial charge in [-0.05, 0) is 17.7 Å². The summed E-state index contributed by atoms with van der Waals surface area (Å²) in [6.45, 7) is 8.18. The summed E-state index contributed by atoms with van der Waals surface area (Å²) in [5.74, 6) is 0. The fourth-order valence-corrected chi connectivity index (χ4v) is 3.04. The van der Waals surface area contributed by atoms with E-state index in [9.17, 15) is 4.79 Å². The van der Waals surface area contributed by atoms with Crippen LogP contribution in [-0.2, 0) is 11.3 Å². The minimum absolute atomic E-state index is 0.165. The Morgan fingerprint density at radius 3 is 2.27 bits per heavy atom. The predicted octanol–water partition coefficient (Wildman–Crippen LogP) is 1.91. The van der Waals surface area contributed by atoms with E-state index in [1.807, 2.05) is 12.1 Å². The molecule has 3 rings (SSSR count). The second-order valence-corrected chi connectivity index (χ2v) is 6.28. The molecule has 1 amide bonds. The van der Waals surface area contributed by atoms with Crippen LogP contribution in [0.3, 0.4) is 0 Å². The molecule has 1 aromatic rings. The number of benzene rings is 1. The smallest absolute Gasteiger partial charge is 0.409 e. The Hall–Kier alpha value is -1.30. The van der Waals surface area contributed by atoms with Crippen LogP contribution < -0.4 is 0 Å². The van der Waals surface area contributed by atoms with Crippen LogP contribution in [0.2, 0.25) is 5.02 Å². The Balaban J connectivity index is 1.38. The van der Waals surface area contributed by atoms with Crippen LogP contribution in [-0.4, -0.2) is 73.2 Å². The van der Waals surface area contributed by atoms with Crippen molar-refractivity contribution in [3.63, 3.8) is 0 Å². The summed E-state index contributed by atoms with van der Waals surface area (Å²) >= 11 is 5.92. The van der Waals surface area contributed by atoms with Gasteiger partial charge >= 0.3 is 6.09 Å². The number of hydrogen-bond donors (Lipinski definition) is 0. The van der Waals surface area contributed by atoms with E-state index in [2.05, 4.69) is 21.9 Å². The van der Waals surface area contributed by atoms with Crippen LogP contribution in [0.4, 0.5) is 4.79 Å². The number of halogens is 1. The third kappa shape index (κ3) is 4.12. The second-order valence-electron chi connectivity index (χ2n) is 5.85. The molecule has 1 aromatic carbocycles. The van der Waals surface area contributed by atoms with Gasteiger partial charge < -0.3 is 9.64 Å². The maximum atomic E-state index is 11.4. The molecule has 0 bridgehead atoms. The molecule has 2 fully saturated rings. The van der Waals surface area contributed by atoms with Gasteiger partial charge in [0.15, 0.2) is 0 Å². The molecule has 5 nitrogen and oxygen atoms in total. The second kappa shape index (κ2) is 7.31. The molecule has 0 radical (unpaired) electrons. The van der Waals surface area contributed by atoms with Crippen LogP contribution in [0.5, 0.6) is 0 Å². The first-order valence-electron chi connectivity index (χ1n) is 7.81. The number of nitrogens with zero attached hydrogens (tertiary/aromatic N) is 3. The minimum Gasteiger partial charge on any atom is -0.448 e. The maximum Gasteiger partial charge on any atom is 0.409 e. The Bertz CT molecular complexity index is 501. The highest BCUT2D eigenvalue weighted by Gasteiger charge is 2.23. The number of carbonyl (C=O) groups excluding carboxylic acids is 1. The van der Waals surface area contributed by atoms with E-state index in [0.717, 1.165) is 57.4 Å². The zero-order valence-corrected chi connectivity index (χ0v) is 13.5. The molecule has 0 aromatic heterocycles. The summed E-state index contributed by atoms with van der Waals surface area (Å²) in [5.41, 5.74) is 1.30. The molecule has 2 aliphatic rings. The monoisotopic (exact) mass is 323 g/mol. The summed E-state index contributed by atoms with van der Waals surface area (Å²) in [7, 11) is 0. The topological polar surface area (TPSA) is 36.0 Å². The number of hydrogen-bond acceptors (Lipinski definition) is 4. The molecule has 2 saturated heterocycles. The van der Waals surface area contributed by atoms with E-state index in [1.54, 1.807) is 4.90 Å². The third-order valence-corrected chi connectivity index (χ3v) is 4.57. The van der Waals surface area contributed by atoms with Crippen molar-refractivity contribution in [1.82, 2.24) is 14.7 Å². The first-order valence-corrected chi connectivity index (χ1v) is 8.19. The lowest BCUT2D eigenvalue weighted by molar-refractivity contribution is 0.116. The standard InChI is InChI=1S/C16H22ClN3O2/c17-15-3-1-14(2-4-15)13-19-7-5-18(6-8-19)9-10-20-11-12-22-16(20)21/h1-4H,5-13H2. The van der Waals surface area contributed by atoms with Crippen molar-refractivity contribution in [2.24, 2.45) is 0 Å². The molecule has 0 N–H and O–H groups in total. The van der Waals surface area contributed by atoms with Crippen molar-refractivity contribution < 1.29 is 9.53 Å². The Labute approximate surface area is 136 Å². The van der Waals surface area contributed by atoms with Gasteiger partial charge in [0.05, 0.1) is 6.54 Å². The van der Waals surface area contributed by atoms with Crippen molar-refractivity contribution in [3.8, 4) is 0 Å². The molecule has 0 unspecified atom stereocenters. The molecule has 0 saturated carbocycles. The van der Waals surface area contributed by atoms with Crippen molar-refractivity contribution in [3.05, 3.63) is 34.9 Å². The number of piperazine rings is 1. The first kappa shape index (κ1) is 15.6. The van der Waals surface area contributed by atoms with Crippen LogP contribution in [0.1, 0.15) is 5.56 Å². The molecule has 0 spiro atoms. The van der Waals surface area contributed by atoms with E-state index in [1.165, 1.54) is 5.56 Å². The molecular weight excluding hydrogens is 302 g/mol. The number of ether oxygens (including phenoxy) is 1. The quantitative estimate of drug-likeness (QED) is 0.829. The lowest BCUT2D eigenvalue weighted by Crippen LogP contribution is -2.48. The van der Waals surface area contributed by atoms with E-state index < -0.39 is 0 Å². The molecule has 0 atom stereocenters. The van der Waals surface area contributed by atoms with Crippen molar-refractivity contribution in [2.45, 2.75) is 6.54 Å². The SMILES string of the molecule is O=C1OCCN1CCN1CCN(Cc2ccc(Cl)cc2)CC1. The van der Waals surface area contributed by atoms with Crippen molar-refractivity contribution >= 4 is 17.7 Å². The van der Waals surface area contributed by atoms with Gasteiger partial charge in [-0.2, -0.15) is 0 Å². The van der Waals surface area contributed by atoms with Gasteiger partial charge in [0, 0.05) is 50.8 Å². The average molecular weight is 324 g/mol. The van der Waals surface area contributed by atoms with E-state index >= 15 is 0 Å². The molecule has 2 heterocycles. The third-order valence-electron chi connectivity index (χ3n) is 4.32. The predicted molar refractivity (Wildman–Crippen MR) is 86.1 cm³/mol. The van der Waals surface area contributed by atoms with Crippen molar-refractivity contribution in [2.75, 3.05) is 52.4 Å². The van der Waals surface area contributed by atoms with Gasteiger partial charge in [0.1, 0.15) is 6.61 Å². The van der Waals surface area contributed by atoms with E-state index in [0.29, 0.717) is 6.61 Å². The van der Waals surface area contributed by atoms with Crippen LogP contribution in [0.25, 0.3) is 0 Å². The van der Waals surface area contributed by atoms with Gasteiger partial charge in [-0.15, -0.1) is 0 Å². The molecular formula is C16H22ClN3O2. The maximum absolute atomic E-state index is 11.4. The molecule has 22 heavy (non-hydrogen) atoms. The summed E-state index contributed by atoms with van der Waals surface area (Å²) in [6.07, 6.45) is -0.165. The van der Waals surface area contributed by atoms with Crippen LogP contribution in [0, 0.1) is 0 Å². The lowest BCUT2D eigenvalue weighted by atomic mass is 10.2. The summed E-state index contributed by atoms with van der Waals surface area (Å²) in [4.78, 5) is 18.1. The van der Waals surface area contributed by atoms with Gasteiger partial charge in [-0.25, -0.2) is 4.79 Å².